The monoisotopic (exact) mass is 661 g/mol. The van der Waals surface area contributed by atoms with Crippen LogP contribution in [0.15, 0.2) is 181 Å². The molecule has 52 heavy (non-hydrogen) atoms. The van der Waals surface area contributed by atoms with E-state index in [-0.39, 0.29) is 6.17 Å². The van der Waals surface area contributed by atoms with Gasteiger partial charge in [-0.15, -0.1) is 0 Å². The first kappa shape index (κ1) is 28.0. The number of anilines is 1. The standard InChI is InChI=1S/C49H31N3/c1-2-15-31-30(14-1)28-29-35-34-18-7-12-27-44(34)52(46(31)35)48-37-20-6-11-26-43(37)50-47(51-48)38-21-13-25-42-45(38)36-19-5-10-24-41(36)49(42)39-22-8-3-16-32(39)33-17-4-9-23-40(33)49/h1-29,48H,(H,50,51). The van der Waals surface area contributed by atoms with E-state index in [0.29, 0.717) is 0 Å². The summed E-state index contributed by atoms with van der Waals surface area (Å²) in [4.78, 5) is 5.77. The highest BCUT2D eigenvalue weighted by Gasteiger charge is 2.52. The number of nitrogens with zero attached hydrogens (tertiary/aromatic N) is 2. The summed E-state index contributed by atoms with van der Waals surface area (Å²) in [5.74, 6) is 0.887. The summed E-state index contributed by atoms with van der Waals surface area (Å²) in [5, 5.41) is 8.80. The Morgan fingerprint density at radius 2 is 1.06 bits per heavy atom. The van der Waals surface area contributed by atoms with E-state index in [4.69, 9.17) is 4.99 Å². The van der Waals surface area contributed by atoms with Crippen molar-refractivity contribution in [3.05, 3.63) is 209 Å². The van der Waals surface area contributed by atoms with E-state index >= 15 is 0 Å². The minimum Gasteiger partial charge on any atom is -0.340 e. The largest absolute Gasteiger partial charge is 0.340 e. The van der Waals surface area contributed by atoms with E-state index in [2.05, 4.69) is 186 Å². The van der Waals surface area contributed by atoms with E-state index < -0.39 is 5.41 Å². The highest BCUT2D eigenvalue weighted by molar-refractivity contribution is 6.19. The average Bonchev–Trinajstić information content (AvgIpc) is 3.83. The summed E-state index contributed by atoms with van der Waals surface area (Å²) in [6, 6.07) is 64.6. The van der Waals surface area contributed by atoms with Crippen LogP contribution in [-0.2, 0) is 5.41 Å². The van der Waals surface area contributed by atoms with Crippen molar-refractivity contribution >= 4 is 44.1 Å². The van der Waals surface area contributed by atoms with Crippen molar-refractivity contribution < 1.29 is 0 Å². The maximum absolute atomic E-state index is 5.77. The molecule has 0 radical (unpaired) electrons. The van der Waals surface area contributed by atoms with Gasteiger partial charge in [0.2, 0.25) is 0 Å². The predicted octanol–water partition coefficient (Wildman–Crippen LogP) is 11.7. The normalized spacial score (nSPS) is 15.9. The number of aromatic nitrogens is 1. The van der Waals surface area contributed by atoms with Gasteiger partial charge in [-0.1, -0.05) is 164 Å². The Bertz CT molecular complexity index is 2970. The Kier molecular flexibility index (Phi) is 5.49. The summed E-state index contributed by atoms with van der Waals surface area (Å²) < 4.78 is 2.48. The molecule has 0 bridgehead atoms. The maximum Gasteiger partial charge on any atom is 0.155 e. The third-order valence-electron chi connectivity index (χ3n) is 11.9. The van der Waals surface area contributed by atoms with Gasteiger partial charge in [-0.05, 0) is 62.0 Å². The third kappa shape index (κ3) is 3.43. The van der Waals surface area contributed by atoms with Crippen LogP contribution in [0, 0.1) is 0 Å². The van der Waals surface area contributed by atoms with Crippen molar-refractivity contribution in [3.63, 3.8) is 0 Å². The minimum absolute atomic E-state index is 0.282. The minimum atomic E-state index is -0.409. The van der Waals surface area contributed by atoms with Crippen LogP contribution in [0.25, 0.3) is 54.8 Å². The molecule has 1 atom stereocenters. The van der Waals surface area contributed by atoms with Crippen LogP contribution in [0.5, 0.6) is 0 Å². The van der Waals surface area contributed by atoms with Crippen molar-refractivity contribution in [2.24, 2.45) is 4.99 Å². The molecule has 242 valence electrons. The number of nitrogens with one attached hydrogen (secondary N) is 1. The zero-order valence-corrected chi connectivity index (χ0v) is 28.2. The van der Waals surface area contributed by atoms with Crippen LogP contribution in [0.1, 0.15) is 39.5 Å². The third-order valence-corrected chi connectivity index (χ3v) is 11.9. The van der Waals surface area contributed by atoms with Crippen LogP contribution in [0.2, 0.25) is 0 Å². The molecule has 3 aliphatic rings. The van der Waals surface area contributed by atoms with E-state index in [9.17, 15) is 0 Å². The molecule has 0 amide bonds. The SMILES string of the molecule is c1ccc2c(c1)NC(c1cccc3c1-c1ccccc1C31c3ccccc3-c3ccccc31)=NC2n1c2ccccc2c2ccc3ccccc3c21. The average molecular weight is 662 g/mol. The van der Waals surface area contributed by atoms with Crippen LogP contribution in [0.3, 0.4) is 0 Å². The van der Waals surface area contributed by atoms with Gasteiger partial charge in [-0.25, -0.2) is 4.99 Å². The first-order valence-electron chi connectivity index (χ1n) is 18.1. The molecule has 3 nitrogen and oxygen atoms in total. The van der Waals surface area contributed by atoms with Gasteiger partial charge in [0.25, 0.3) is 0 Å². The number of hydrogen-bond acceptors (Lipinski definition) is 2. The van der Waals surface area contributed by atoms with E-state index in [1.165, 1.54) is 77.1 Å². The number of fused-ring (bicyclic) bond motifs is 16. The van der Waals surface area contributed by atoms with Gasteiger partial charge in [0, 0.05) is 33.0 Å². The molecule has 1 unspecified atom stereocenters. The van der Waals surface area contributed by atoms with Crippen LogP contribution in [-0.4, -0.2) is 10.4 Å². The predicted molar refractivity (Wildman–Crippen MR) is 214 cm³/mol. The van der Waals surface area contributed by atoms with Gasteiger partial charge in [0.1, 0.15) is 5.84 Å². The number of hydrogen-bond donors (Lipinski definition) is 1. The fraction of sp³-hybridized carbons (Fsp3) is 0.0408. The smallest absolute Gasteiger partial charge is 0.155 e. The van der Waals surface area contributed by atoms with Gasteiger partial charge >= 0.3 is 0 Å². The quantitative estimate of drug-likeness (QED) is 0.196. The lowest BCUT2D eigenvalue weighted by Crippen LogP contribution is -2.27. The number of aliphatic imine (C=N–C) groups is 1. The van der Waals surface area contributed by atoms with E-state index in [1.54, 1.807) is 0 Å². The Morgan fingerprint density at radius 1 is 0.462 bits per heavy atom. The first-order chi connectivity index (χ1) is 25.8. The number of para-hydroxylation sites is 2. The lowest BCUT2D eigenvalue weighted by Gasteiger charge is -2.31. The molecule has 3 heteroatoms. The number of amidine groups is 1. The molecule has 1 aromatic heterocycles. The van der Waals surface area contributed by atoms with Crippen molar-refractivity contribution in [3.8, 4) is 22.3 Å². The molecular formula is C49H31N3. The summed E-state index contributed by atoms with van der Waals surface area (Å²) in [5.41, 5.74) is 15.8. The Balaban J connectivity index is 1.16. The van der Waals surface area contributed by atoms with Crippen molar-refractivity contribution in [2.75, 3.05) is 5.32 Å². The molecule has 1 N–H and O–H groups in total. The molecule has 0 saturated carbocycles. The zero-order chi connectivity index (χ0) is 34.0. The van der Waals surface area contributed by atoms with Crippen LogP contribution in [0.4, 0.5) is 5.69 Å². The zero-order valence-electron chi connectivity index (χ0n) is 28.2. The Labute approximate surface area is 301 Å². The lowest BCUT2D eigenvalue weighted by molar-refractivity contribution is 0.653. The second kappa shape index (κ2) is 10.2. The second-order valence-corrected chi connectivity index (χ2v) is 14.2. The van der Waals surface area contributed by atoms with Gasteiger partial charge in [0.15, 0.2) is 6.17 Å². The van der Waals surface area contributed by atoms with Crippen LogP contribution < -0.4 is 5.32 Å². The summed E-state index contributed by atoms with van der Waals surface area (Å²) in [6.45, 7) is 0. The molecule has 2 heterocycles. The summed E-state index contributed by atoms with van der Waals surface area (Å²) in [7, 11) is 0. The molecular weight excluding hydrogens is 631 g/mol. The Morgan fingerprint density at radius 3 is 1.87 bits per heavy atom. The molecule has 9 aromatic rings. The molecule has 1 spiro atoms. The lowest BCUT2D eigenvalue weighted by atomic mass is 9.70. The molecule has 0 fully saturated rings. The molecule has 1 aliphatic heterocycles. The van der Waals surface area contributed by atoms with Crippen molar-refractivity contribution in [1.29, 1.82) is 0 Å². The Hall–Kier alpha value is -6.71. The molecule has 2 aliphatic carbocycles. The summed E-state index contributed by atoms with van der Waals surface area (Å²) >= 11 is 0. The molecule has 8 aromatic carbocycles. The van der Waals surface area contributed by atoms with Crippen LogP contribution >= 0.6 is 0 Å². The van der Waals surface area contributed by atoms with Gasteiger partial charge in [-0.3, -0.25) is 0 Å². The molecule has 0 saturated heterocycles. The highest BCUT2D eigenvalue weighted by atomic mass is 15.2. The maximum atomic E-state index is 5.77. The first-order valence-corrected chi connectivity index (χ1v) is 18.1. The van der Waals surface area contributed by atoms with Gasteiger partial charge in [-0.2, -0.15) is 0 Å². The van der Waals surface area contributed by atoms with Gasteiger partial charge < -0.3 is 9.88 Å². The van der Waals surface area contributed by atoms with Gasteiger partial charge in [0.05, 0.1) is 16.4 Å². The number of benzene rings is 8. The van der Waals surface area contributed by atoms with Crippen molar-refractivity contribution in [2.45, 2.75) is 11.6 Å². The second-order valence-electron chi connectivity index (χ2n) is 14.2. The van der Waals surface area contributed by atoms with E-state index in [1.807, 2.05) is 0 Å². The fourth-order valence-electron chi connectivity index (χ4n) is 9.88. The van der Waals surface area contributed by atoms with Crippen molar-refractivity contribution in [1.82, 2.24) is 4.57 Å². The summed E-state index contributed by atoms with van der Waals surface area (Å²) in [6.07, 6.45) is -0.282. The van der Waals surface area contributed by atoms with E-state index in [0.717, 1.165) is 22.6 Å². The highest BCUT2D eigenvalue weighted by Crippen LogP contribution is 2.63. The topological polar surface area (TPSA) is 29.3 Å². The fourth-order valence-corrected chi connectivity index (χ4v) is 9.88. The number of rotatable bonds is 2. The molecule has 12 rings (SSSR count).